The molecule has 7 rings (SSSR count). The van der Waals surface area contributed by atoms with Gasteiger partial charge in [-0.1, -0.05) is 109 Å². The highest BCUT2D eigenvalue weighted by Crippen LogP contribution is 2.56. The fourth-order valence-corrected chi connectivity index (χ4v) is 6.01. The SMILES string of the molecule is c1ccc(Nc2ccc(C3(c4ccc(Nc5ccccc5)cc4)c4ccccc4-c4ccccc43)cc2)cc1. The predicted molar refractivity (Wildman–Crippen MR) is 163 cm³/mol. The van der Waals surface area contributed by atoms with E-state index in [2.05, 4.69) is 156 Å². The van der Waals surface area contributed by atoms with Crippen LogP contribution < -0.4 is 10.6 Å². The molecule has 39 heavy (non-hydrogen) atoms. The topological polar surface area (TPSA) is 24.1 Å². The van der Waals surface area contributed by atoms with Crippen molar-refractivity contribution in [3.8, 4) is 11.1 Å². The monoisotopic (exact) mass is 500 g/mol. The van der Waals surface area contributed by atoms with Crippen LogP contribution in [0.5, 0.6) is 0 Å². The molecule has 2 heteroatoms. The average Bonchev–Trinajstić information content (AvgIpc) is 3.30. The fourth-order valence-electron chi connectivity index (χ4n) is 6.01. The molecule has 0 saturated heterocycles. The molecule has 2 nitrogen and oxygen atoms in total. The number of fused-ring (bicyclic) bond motifs is 3. The molecule has 186 valence electrons. The van der Waals surface area contributed by atoms with E-state index >= 15 is 0 Å². The molecule has 1 aliphatic rings. The Bertz CT molecular complexity index is 1590. The van der Waals surface area contributed by atoms with Gasteiger partial charge in [0.2, 0.25) is 0 Å². The van der Waals surface area contributed by atoms with Crippen LogP contribution in [0.1, 0.15) is 22.3 Å². The Morgan fingerprint density at radius 1 is 0.308 bits per heavy atom. The first-order chi connectivity index (χ1) is 19.3. The molecule has 6 aromatic rings. The zero-order valence-corrected chi connectivity index (χ0v) is 21.5. The highest BCUT2D eigenvalue weighted by Gasteiger charge is 2.45. The highest BCUT2D eigenvalue weighted by molar-refractivity contribution is 5.86. The second-order valence-corrected chi connectivity index (χ2v) is 9.98. The van der Waals surface area contributed by atoms with Crippen molar-refractivity contribution in [3.05, 3.63) is 180 Å². The van der Waals surface area contributed by atoms with Crippen molar-refractivity contribution in [2.75, 3.05) is 10.6 Å². The maximum Gasteiger partial charge on any atom is 0.0713 e. The smallest absolute Gasteiger partial charge is 0.0713 e. The Morgan fingerprint density at radius 3 is 1.05 bits per heavy atom. The molecule has 0 radical (unpaired) electrons. The quantitative estimate of drug-likeness (QED) is 0.238. The molecule has 1 aliphatic carbocycles. The highest BCUT2D eigenvalue weighted by atomic mass is 14.9. The lowest BCUT2D eigenvalue weighted by Gasteiger charge is -2.34. The van der Waals surface area contributed by atoms with Gasteiger partial charge in [-0.3, -0.25) is 0 Å². The first-order valence-corrected chi connectivity index (χ1v) is 13.4. The van der Waals surface area contributed by atoms with E-state index in [9.17, 15) is 0 Å². The van der Waals surface area contributed by atoms with Gasteiger partial charge in [-0.2, -0.15) is 0 Å². The Balaban J connectivity index is 1.37. The lowest BCUT2D eigenvalue weighted by Crippen LogP contribution is -2.28. The van der Waals surface area contributed by atoms with Crippen LogP contribution in [0.3, 0.4) is 0 Å². The first-order valence-electron chi connectivity index (χ1n) is 13.4. The van der Waals surface area contributed by atoms with Crippen LogP contribution in [0.15, 0.2) is 158 Å². The summed E-state index contributed by atoms with van der Waals surface area (Å²) in [6, 6.07) is 56.2. The van der Waals surface area contributed by atoms with E-state index in [0.717, 1.165) is 22.7 Å². The summed E-state index contributed by atoms with van der Waals surface area (Å²) in [5.41, 5.74) is 11.6. The summed E-state index contributed by atoms with van der Waals surface area (Å²) in [7, 11) is 0. The third-order valence-corrected chi connectivity index (χ3v) is 7.71. The van der Waals surface area contributed by atoms with Gasteiger partial charge < -0.3 is 10.6 Å². The summed E-state index contributed by atoms with van der Waals surface area (Å²) in [4.78, 5) is 0. The molecular formula is C37H28N2. The van der Waals surface area contributed by atoms with Gasteiger partial charge in [-0.15, -0.1) is 0 Å². The van der Waals surface area contributed by atoms with E-state index in [4.69, 9.17) is 0 Å². The van der Waals surface area contributed by atoms with Gasteiger partial charge in [0.05, 0.1) is 5.41 Å². The largest absolute Gasteiger partial charge is 0.356 e. The predicted octanol–water partition coefficient (Wildman–Crippen LogP) is 9.54. The van der Waals surface area contributed by atoms with Gasteiger partial charge in [0.1, 0.15) is 0 Å². The molecule has 0 amide bonds. The number of para-hydroxylation sites is 2. The minimum atomic E-state index is -0.413. The van der Waals surface area contributed by atoms with Crippen molar-refractivity contribution in [1.29, 1.82) is 0 Å². The van der Waals surface area contributed by atoms with Crippen molar-refractivity contribution < 1.29 is 0 Å². The van der Waals surface area contributed by atoms with E-state index < -0.39 is 5.41 Å². The van der Waals surface area contributed by atoms with Crippen LogP contribution in [0.25, 0.3) is 11.1 Å². The van der Waals surface area contributed by atoms with E-state index in [1.165, 1.54) is 33.4 Å². The van der Waals surface area contributed by atoms with Crippen molar-refractivity contribution in [1.82, 2.24) is 0 Å². The summed E-state index contributed by atoms with van der Waals surface area (Å²) in [6.07, 6.45) is 0. The van der Waals surface area contributed by atoms with Crippen LogP contribution in [0.4, 0.5) is 22.7 Å². The standard InChI is InChI=1S/C37H28N2/c1-3-11-29(12-4-1)38-31-23-19-27(20-24-31)37(28-21-25-32(26-22-28)39-30-13-5-2-6-14-30)35-17-9-7-15-33(35)34-16-8-10-18-36(34)37/h1-26,38-39H. The lowest BCUT2D eigenvalue weighted by molar-refractivity contribution is 0.769. The molecule has 0 atom stereocenters. The fraction of sp³-hybridized carbons (Fsp3) is 0.0270. The zero-order chi connectivity index (χ0) is 26.1. The van der Waals surface area contributed by atoms with Gasteiger partial charge in [-0.05, 0) is 81.9 Å². The maximum atomic E-state index is 3.53. The first kappa shape index (κ1) is 23.1. The Hall–Kier alpha value is -5.08. The molecular weight excluding hydrogens is 472 g/mol. The number of rotatable bonds is 6. The van der Waals surface area contributed by atoms with Gasteiger partial charge in [0.25, 0.3) is 0 Å². The third-order valence-electron chi connectivity index (χ3n) is 7.71. The van der Waals surface area contributed by atoms with E-state index in [1.807, 2.05) is 12.1 Å². The molecule has 0 fully saturated rings. The molecule has 6 aromatic carbocycles. The van der Waals surface area contributed by atoms with Gasteiger partial charge >= 0.3 is 0 Å². The van der Waals surface area contributed by atoms with Gasteiger partial charge in [0.15, 0.2) is 0 Å². The Labute approximate surface area is 229 Å². The van der Waals surface area contributed by atoms with Crippen molar-refractivity contribution >= 4 is 22.7 Å². The minimum absolute atomic E-state index is 0.413. The second-order valence-electron chi connectivity index (χ2n) is 9.98. The molecule has 2 N–H and O–H groups in total. The van der Waals surface area contributed by atoms with Crippen molar-refractivity contribution in [3.63, 3.8) is 0 Å². The van der Waals surface area contributed by atoms with Crippen molar-refractivity contribution in [2.24, 2.45) is 0 Å². The van der Waals surface area contributed by atoms with Gasteiger partial charge in [0, 0.05) is 22.7 Å². The van der Waals surface area contributed by atoms with E-state index in [1.54, 1.807) is 0 Å². The Kier molecular flexibility index (Phi) is 5.71. The number of anilines is 4. The summed E-state index contributed by atoms with van der Waals surface area (Å²) in [5, 5.41) is 7.07. The second kappa shape index (κ2) is 9.66. The lowest BCUT2D eigenvalue weighted by atomic mass is 9.67. The summed E-state index contributed by atoms with van der Waals surface area (Å²) >= 11 is 0. The molecule has 0 aromatic heterocycles. The number of hydrogen-bond acceptors (Lipinski definition) is 2. The van der Waals surface area contributed by atoms with E-state index in [-0.39, 0.29) is 0 Å². The molecule has 0 saturated carbocycles. The third kappa shape index (κ3) is 3.98. The summed E-state index contributed by atoms with van der Waals surface area (Å²) < 4.78 is 0. The van der Waals surface area contributed by atoms with Crippen molar-refractivity contribution in [2.45, 2.75) is 5.41 Å². The van der Waals surface area contributed by atoms with Crippen LogP contribution in [-0.2, 0) is 5.41 Å². The molecule has 0 spiro atoms. The Morgan fingerprint density at radius 2 is 0.641 bits per heavy atom. The summed E-state index contributed by atoms with van der Waals surface area (Å²) in [6.45, 7) is 0. The zero-order valence-electron chi connectivity index (χ0n) is 21.5. The molecule has 0 heterocycles. The summed E-state index contributed by atoms with van der Waals surface area (Å²) in [5.74, 6) is 0. The van der Waals surface area contributed by atoms with E-state index in [0.29, 0.717) is 0 Å². The van der Waals surface area contributed by atoms with Gasteiger partial charge in [-0.25, -0.2) is 0 Å². The molecule has 0 aliphatic heterocycles. The normalized spacial score (nSPS) is 12.8. The number of nitrogens with one attached hydrogen (secondary N) is 2. The number of benzene rings is 6. The minimum Gasteiger partial charge on any atom is -0.356 e. The average molecular weight is 501 g/mol. The van der Waals surface area contributed by atoms with Crippen LogP contribution >= 0.6 is 0 Å². The van der Waals surface area contributed by atoms with Crippen LogP contribution in [0.2, 0.25) is 0 Å². The molecule has 0 bridgehead atoms. The maximum absolute atomic E-state index is 3.53. The molecule has 0 unspecified atom stereocenters. The number of hydrogen-bond donors (Lipinski definition) is 2. The van der Waals surface area contributed by atoms with Crippen LogP contribution in [0, 0.1) is 0 Å². The van der Waals surface area contributed by atoms with Crippen LogP contribution in [-0.4, -0.2) is 0 Å².